The highest BCUT2D eigenvalue weighted by atomic mass is 16.4. The number of allylic oxidation sites excluding steroid dienone is 2. The molecule has 0 fully saturated rings. The van der Waals surface area contributed by atoms with Crippen LogP contribution in [0.4, 0.5) is 0 Å². The van der Waals surface area contributed by atoms with Crippen LogP contribution in [0.15, 0.2) is 12.2 Å². The SMILES string of the molecule is CCCCCCCC/C=C\CCCCC(C)C(=O)O. The molecule has 0 aliphatic rings. The molecule has 0 amide bonds. The normalized spacial score (nSPS) is 12.9. The zero-order valence-corrected chi connectivity index (χ0v) is 12.9. The van der Waals surface area contributed by atoms with Crippen molar-refractivity contribution in [1.82, 2.24) is 0 Å². The first-order valence-electron chi connectivity index (χ1n) is 8.06. The average Bonchev–Trinajstić information content (AvgIpc) is 2.39. The maximum atomic E-state index is 10.6. The van der Waals surface area contributed by atoms with Crippen LogP contribution in [-0.4, -0.2) is 11.1 Å². The molecule has 0 radical (unpaired) electrons. The summed E-state index contributed by atoms with van der Waals surface area (Å²) in [5, 5.41) is 8.75. The summed E-state index contributed by atoms with van der Waals surface area (Å²) in [7, 11) is 0. The van der Waals surface area contributed by atoms with Crippen molar-refractivity contribution < 1.29 is 9.90 Å². The molecule has 19 heavy (non-hydrogen) atoms. The van der Waals surface area contributed by atoms with E-state index in [-0.39, 0.29) is 5.92 Å². The fourth-order valence-electron chi connectivity index (χ4n) is 2.11. The van der Waals surface area contributed by atoms with Crippen LogP contribution in [0.2, 0.25) is 0 Å². The molecule has 0 saturated carbocycles. The highest BCUT2D eigenvalue weighted by molar-refractivity contribution is 5.69. The van der Waals surface area contributed by atoms with E-state index in [4.69, 9.17) is 5.11 Å². The van der Waals surface area contributed by atoms with E-state index in [0.29, 0.717) is 0 Å². The number of hydrogen-bond donors (Lipinski definition) is 1. The van der Waals surface area contributed by atoms with Crippen molar-refractivity contribution in [2.45, 2.75) is 84.5 Å². The Morgan fingerprint density at radius 2 is 1.47 bits per heavy atom. The predicted octanol–water partition coefficient (Wildman–Crippen LogP) is 5.57. The molecule has 2 nitrogen and oxygen atoms in total. The number of rotatable bonds is 13. The highest BCUT2D eigenvalue weighted by Crippen LogP contribution is 2.10. The minimum absolute atomic E-state index is 0.188. The molecule has 0 bridgehead atoms. The van der Waals surface area contributed by atoms with Crippen LogP contribution in [0.1, 0.15) is 84.5 Å². The highest BCUT2D eigenvalue weighted by Gasteiger charge is 2.08. The van der Waals surface area contributed by atoms with E-state index in [1.807, 2.05) is 0 Å². The van der Waals surface area contributed by atoms with E-state index >= 15 is 0 Å². The molecule has 0 aromatic rings. The summed E-state index contributed by atoms with van der Waals surface area (Å²) in [5.74, 6) is -0.856. The first-order valence-corrected chi connectivity index (χ1v) is 8.06. The van der Waals surface area contributed by atoms with E-state index < -0.39 is 5.97 Å². The summed E-state index contributed by atoms with van der Waals surface area (Å²) in [6, 6.07) is 0. The van der Waals surface area contributed by atoms with Gasteiger partial charge in [0.15, 0.2) is 0 Å². The third-order valence-corrected chi connectivity index (χ3v) is 3.57. The summed E-state index contributed by atoms with van der Waals surface area (Å²) in [6.07, 6.45) is 18.0. The van der Waals surface area contributed by atoms with Crippen LogP contribution >= 0.6 is 0 Å². The number of hydrogen-bond acceptors (Lipinski definition) is 1. The third-order valence-electron chi connectivity index (χ3n) is 3.57. The van der Waals surface area contributed by atoms with Gasteiger partial charge in [-0.05, 0) is 32.1 Å². The lowest BCUT2D eigenvalue weighted by Gasteiger charge is -2.03. The maximum absolute atomic E-state index is 10.6. The molecule has 1 N–H and O–H groups in total. The summed E-state index contributed by atoms with van der Waals surface area (Å²) in [5.41, 5.74) is 0. The Hall–Kier alpha value is -0.790. The molecule has 0 heterocycles. The quantitative estimate of drug-likeness (QED) is 0.350. The fraction of sp³-hybridized carbons (Fsp3) is 0.824. The topological polar surface area (TPSA) is 37.3 Å². The Kier molecular flexibility index (Phi) is 13.1. The Morgan fingerprint density at radius 1 is 0.947 bits per heavy atom. The molecule has 0 aliphatic carbocycles. The minimum atomic E-state index is -0.668. The van der Waals surface area contributed by atoms with E-state index in [1.54, 1.807) is 6.92 Å². The Balaban J connectivity index is 3.19. The smallest absolute Gasteiger partial charge is 0.306 e. The number of unbranched alkanes of at least 4 members (excludes halogenated alkanes) is 8. The molecule has 0 aromatic carbocycles. The second-order valence-electron chi connectivity index (χ2n) is 5.55. The van der Waals surface area contributed by atoms with Crippen LogP contribution in [0.5, 0.6) is 0 Å². The Bertz CT molecular complexity index is 233. The van der Waals surface area contributed by atoms with Crippen LogP contribution in [-0.2, 0) is 4.79 Å². The van der Waals surface area contributed by atoms with Crippen LogP contribution in [0.25, 0.3) is 0 Å². The maximum Gasteiger partial charge on any atom is 0.306 e. The van der Waals surface area contributed by atoms with Crippen molar-refractivity contribution >= 4 is 5.97 Å². The standard InChI is InChI=1S/C17H32O2/c1-3-4-5-6-7-8-9-10-11-12-13-14-15-16(2)17(18)19/h10-11,16H,3-9,12-15H2,1-2H3,(H,18,19)/b11-10-. The van der Waals surface area contributed by atoms with Crippen LogP contribution < -0.4 is 0 Å². The molecule has 1 atom stereocenters. The summed E-state index contributed by atoms with van der Waals surface area (Å²) < 4.78 is 0. The van der Waals surface area contributed by atoms with Gasteiger partial charge in [0.1, 0.15) is 0 Å². The van der Waals surface area contributed by atoms with Gasteiger partial charge in [0.25, 0.3) is 0 Å². The van der Waals surface area contributed by atoms with Crippen molar-refractivity contribution in [3.63, 3.8) is 0 Å². The van der Waals surface area contributed by atoms with Crippen molar-refractivity contribution in [1.29, 1.82) is 0 Å². The van der Waals surface area contributed by atoms with Gasteiger partial charge in [-0.1, -0.05) is 64.5 Å². The molecule has 0 spiro atoms. The second kappa shape index (κ2) is 13.6. The minimum Gasteiger partial charge on any atom is -0.481 e. The first kappa shape index (κ1) is 18.2. The zero-order chi connectivity index (χ0) is 14.3. The van der Waals surface area contributed by atoms with E-state index in [1.165, 1.54) is 44.9 Å². The molecular weight excluding hydrogens is 236 g/mol. The van der Waals surface area contributed by atoms with Gasteiger partial charge in [-0.15, -0.1) is 0 Å². The molecule has 0 saturated heterocycles. The molecule has 0 rings (SSSR count). The van der Waals surface area contributed by atoms with Gasteiger partial charge in [0, 0.05) is 0 Å². The number of carboxylic acids is 1. The van der Waals surface area contributed by atoms with E-state index in [2.05, 4.69) is 19.1 Å². The van der Waals surface area contributed by atoms with Gasteiger partial charge >= 0.3 is 5.97 Å². The lowest BCUT2D eigenvalue weighted by Crippen LogP contribution is -2.08. The summed E-state index contributed by atoms with van der Waals surface area (Å²) >= 11 is 0. The Morgan fingerprint density at radius 3 is 2.05 bits per heavy atom. The number of aliphatic carboxylic acids is 1. The van der Waals surface area contributed by atoms with E-state index in [9.17, 15) is 4.79 Å². The average molecular weight is 268 g/mol. The zero-order valence-electron chi connectivity index (χ0n) is 12.9. The number of carbonyl (C=O) groups is 1. The Labute approximate surface area is 119 Å². The van der Waals surface area contributed by atoms with Crippen LogP contribution in [0.3, 0.4) is 0 Å². The first-order chi connectivity index (χ1) is 9.18. The molecular formula is C17H32O2. The monoisotopic (exact) mass is 268 g/mol. The van der Waals surface area contributed by atoms with E-state index in [0.717, 1.165) is 25.7 Å². The summed E-state index contributed by atoms with van der Waals surface area (Å²) in [6.45, 7) is 4.04. The van der Waals surface area contributed by atoms with Crippen molar-refractivity contribution in [2.24, 2.45) is 5.92 Å². The molecule has 0 aromatic heterocycles. The largest absolute Gasteiger partial charge is 0.481 e. The van der Waals surface area contributed by atoms with Gasteiger partial charge in [-0.25, -0.2) is 0 Å². The predicted molar refractivity (Wildman–Crippen MR) is 82.4 cm³/mol. The molecule has 1 unspecified atom stereocenters. The van der Waals surface area contributed by atoms with Gasteiger partial charge < -0.3 is 5.11 Å². The molecule has 112 valence electrons. The van der Waals surface area contributed by atoms with Gasteiger partial charge in [0.05, 0.1) is 5.92 Å². The second-order valence-corrected chi connectivity index (χ2v) is 5.55. The van der Waals surface area contributed by atoms with Gasteiger partial charge in [-0.2, -0.15) is 0 Å². The van der Waals surface area contributed by atoms with Crippen molar-refractivity contribution in [2.75, 3.05) is 0 Å². The van der Waals surface area contributed by atoms with Crippen molar-refractivity contribution in [3.05, 3.63) is 12.2 Å². The van der Waals surface area contributed by atoms with Gasteiger partial charge in [-0.3, -0.25) is 4.79 Å². The third kappa shape index (κ3) is 13.4. The summed E-state index contributed by atoms with van der Waals surface area (Å²) in [4.78, 5) is 10.6. The van der Waals surface area contributed by atoms with Crippen molar-refractivity contribution in [3.8, 4) is 0 Å². The van der Waals surface area contributed by atoms with Crippen LogP contribution in [0, 0.1) is 5.92 Å². The molecule has 2 heteroatoms. The van der Waals surface area contributed by atoms with Gasteiger partial charge in [0.2, 0.25) is 0 Å². The molecule has 0 aliphatic heterocycles. The number of carboxylic acid groups (broad SMARTS) is 1. The lowest BCUT2D eigenvalue weighted by molar-refractivity contribution is -0.141. The fourth-order valence-corrected chi connectivity index (χ4v) is 2.11. The lowest BCUT2D eigenvalue weighted by atomic mass is 10.0.